The molecule has 1 N–H and O–H groups in total. The highest BCUT2D eigenvalue weighted by atomic mass is 35.5. The molecule has 1 heterocycles. The van der Waals surface area contributed by atoms with Gasteiger partial charge in [-0.15, -0.1) is 0 Å². The van der Waals surface area contributed by atoms with E-state index in [-0.39, 0.29) is 16.6 Å². The zero-order valence-corrected chi connectivity index (χ0v) is 10.7. The summed E-state index contributed by atoms with van der Waals surface area (Å²) in [6.07, 6.45) is 2.10. The molecule has 94 valence electrons. The van der Waals surface area contributed by atoms with E-state index in [0.29, 0.717) is 12.5 Å². The number of carbonyl (C=O) groups is 1. The minimum Gasteiger partial charge on any atom is -0.477 e. The second kappa shape index (κ2) is 6.45. The molecule has 0 saturated heterocycles. The van der Waals surface area contributed by atoms with E-state index in [9.17, 15) is 4.79 Å². The molecule has 1 atom stereocenters. The number of rotatable bonds is 6. The van der Waals surface area contributed by atoms with Crippen LogP contribution in [0.25, 0.3) is 0 Å². The summed E-state index contributed by atoms with van der Waals surface area (Å²) < 4.78 is 5.42. The third kappa shape index (κ3) is 4.23. The Labute approximate surface area is 106 Å². The molecule has 1 rings (SSSR count). The van der Waals surface area contributed by atoms with Crippen LogP contribution in [0.5, 0.6) is 5.88 Å². The average molecular weight is 258 g/mol. The van der Waals surface area contributed by atoms with Crippen molar-refractivity contribution >= 4 is 17.6 Å². The zero-order valence-electron chi connectivity index (χ0n) is 9.94. The Morgan fingerprint density at radius 2 is 2.29 bits per heavy atom. The predicted octanol–water partition coefficient (Wildman–Crippen LogP) is 3.25. The number of pyridine rings is 1. The van der Waals surface area contributed by atoms with E-state index in [2.05, 4.69) is 18.8 Å². The number of carboxylic acid groups (broad SMARTS) is 1. The largest absolute Gasteiger partial charge is 0.477 e. The van der Waals surface area contributed by atoms with E-state index in [4.69, 9.17) is 21.4 Å². The maximum Gasteiger partial charge on any atom is 0.341 e. The molecule has 0 aliphatic carbocycles. The van der Waals surface area contributed by atoms with Gasteiger partial charge >= 0.3 is 5.97 Å². The lowest BCUT2D eigenvalue weighted by Crippen LogP contribution is -2.12. The first-order chi connectivity index (χ1) is 8.04. The fourth-order valence-electron chi connectivity index (χ4n) is 1.49. The van der Waals surface area contributed by atoms with Crippen LogP contribution in [0.1, 0.15) is 37.0 Å². The fraction of sp³-hybridized carbons (Fsp3) is 0.500. The topological polar surface area (TPSA) is 59.4 Å². The molecule has 0 aliphatic heterocycles. The van der Waals surface area contributed by atoms with Crippen molar-refractivity contribution in [2.24, 2.45) is 5.92 Å². The average Bonchev–Trinajstić information content (AvgIpc) is 2.26. The Kier molecular flexibility index (Phi) is 5.22. The van der Waals surface area contributed by atoms with Crippen molar-refractivity contribution in [3.05, 3.63) is 22.8 Å². The van der Waals surface area contributed by atoms with Crippen LogP contribution < -0.4 is 4.74 Å². The summed E-state index contributed by atoms with van der Waals surface area (Å²) in [5, 5.41) is 9.19. The second-order valence-corrected chi connectivity index (χ2v) is 4.38. The number of nitrogens with zero attached hydrogens (tertiary/aromatic N) is 1. The van der Waals surface area contributed by atoms with Gasteiger partial charge in [0.15, 0.2) is 0 Å². The van der Waals surface area contributed by atoms with E-state index in [1.807, 2.05) is 0 Å². The molecule has 0 radical (unpaired) electrons. The van der Waals surface area contributed by atoms with Crippen molar-refractivity contribution in [1.82, 2.24) is 4.98 Å². The number of hydrogen-bond donors (Lipinski definition) is 1. The zero-order chi connectivity index (χ0) is 12.8. The van der Waals surface area contributed by atoms with Crippen molar-refractivity contribution in [3.8, 4) is 5.88 Å². The van der Waals surface area contributed by atoms with Crippen molar-refractivity contribution in [3.63, 3.8) is 0 Å². The molecule has 0 amide bonds. The highest BCUT2D eigenvalue weighted by molar-refractivity contribution is 6.29. The quantitative estimate of drug-likeness (QED) is 0.795. The second-order valence-electron chi connectivity index (χ2n) is 4.00. The minimum absolute atomic E-state index is 0.0399. The first kappa shape index (κ1) is 13.8. The molecule has 1 unspecified atom stereocenters. The van der Waals surface area contributed by atoms with Gasteiger partial charge in [-0.2, -0.15) is 0 Å². The van der Waals surface area contributed by atoms with E-state index in [0.717, 1.165) is 12.8 Å². The molecule has 5 heteroatoms. The Hall–Kier alpha value is -1.29. The van der Waals surface area contributed by atoms with Gasteiger partial charge in [-0.3, -0.25) is 0 Å². The number of hydrogen-bond acceptors (Lipinski definition) is 3. The number of aromatic carboxylic acids is 1. The first-order valence-electron chi connectivity index (χ1n) is 5.57. The van der Waals surface area contributed by atoms with E-state index in [1.165, 1.54) is 12.1 Å². The molecular weight excluding hydrogens is 242 g/mol. The molecule has 4 nitrogen and oxygen atoms in total. The van der Waals surface area contributed by atoms with Gasteiger partial charge in [0.2, 0.25) is 5.88 Å². The van der Waals surface area contributed by atoms with Crippen molar-refractivity contribution in [2.45, 2.75) is 26.7 Å². The van der Waals surface area contributed by atoms with Crippen LogP contribution in [0.15, 0.2) is 12.1 Å². The van der Waals surface area contributed by atoms with E-state index in [1.54, 1.807) is 0 Å². The summed E-state index contributed by atoms with van der Waals surface area (Å²) in [5.41, 5.74) is 0.0399. The number of carboxylic acids is 1. The molecule has 1 aromatic heterocycles. The third-order valence-corrected chi connectivity index (χ3v) is 2.55. The predicted molar refractivity (Wildman–Crippen MR) is 65.8 cm³/mol. The van der Waals surface area contributed by atoms with Crippen LogP contribution in [0, 0.1) is 5.92 Å². The van der Waals surface area contributed by atoms with Gasteiger partial charge in [0.1, 0.15) is 10.7 Å². The summed E-state index contributed by atoms with van der Waals surface area (Å²) in [6.45, 7) is 4.59. The number of halogens is 1. The first-order valence-corrected chi connectivity index (χ1v) is 5.95. The van der Waals surface area contributed by atoms with E-state index < -0.39 is 5.97 Å². The molecule has 0 spiro atoms. The normalized spacial score (nSPS) is 12.2. The lowest BCUT2D eigenvalue weighted by atomic mass is 10.1. The summed E-state index contributed by atoms with van der Waals surface area (Å²) in [6, 6.07) is 2.84. The Morgan fingerprint density at radius 3 is 2.88 bits per heavy atom. The fourth-order valence-corrected chi connectivity index (χ4v) is 1.63. The summed E-state index contributed by atoms with van der Waals surface area (Å²) in [5.74, 6) is -0.609. The van der Waals surface area contributed by atoms with Crippen molar-refractivity contribution < 1.29 is 14.6 Å². The van der Waals surface area contributed by atoms with Gasteiger partial charge in [-0.25, -0.2) is 9.78 Å². The summed E-state index contributed by atoms with van der Waals surface area (Å²) in [7, 11) is 0. The maximum atomic E-state index is 10.9. The summed E-state index contributed by atoms with van der Waals surface area (Å²) >= 11 is 5.71. The molecule has 17 heavy (non-hydrogen) atoms. The van der Waals surface area contributed by atoms with Gasteiger partial charge in [-0.05, 0) is 24.5 Å². The molecule has 0 aromatic carbocycles. The lowest BCUT2D eigenvalue weighted by Gasteiger charge is -2.12. The molecule has 0 aliphatic rings. The Morgan fingerprint density at radius 1 is 1.59 bits per heavy atom. The van der Waals surface area contributed by atoms with Gasteiger partial charge in [0, 0.05) is 0 Å². The monoisotopic (exact) mass is 257 g/mol. The van der Waals surface area contributed by atoms with Crippen LogP contribution in [0.3, 0.4) is 0 Å². The highest BCUT2D eigenvalue weighted by Gasteiger charge is 2.14. The molecule has 0 fully saturated rings. The van der Waals surface area contributed by atoms with Crippen LogP contribution >= 0.6 is 11.6 Å². The maximum absolute atomic E-state index is 10.9. The van der Waals surface area contributed by atoms with Crippen LogP contribution in [-0.2, 0) is 0 Å². The van der Waals surface area contributed by atoms with Crippen LogP contribution in [0.2, 0.25) is 5.15 Å². The van der Waals surface area contributed by atoms with E-state index >= 15 is 0 Å². The number of ether oxygens (including phenoxy) is 1. The molecule has 0 bridgehead atoms. The van der Waals surface area contributed by atoms with Crippen molar-refractivity contribution in [1.29, 1.82) is 0 Å². The third-order valence-electron chi connectivity index (χ3n) is 2.34. The van der Waals surface area contributed by atoms with Crippen LogP contribution in [0.4, 0.5) is 0 Å². The summed E-state index contributed by atoms with van der Waals surface area (Å²) in [4.78, 5) is 14.8. The Bertz CT molecular complexity index is 395. The van der Waals surface area contributed by atoms with Gasteiger partial charge in [0.25, 0.3) is 0 Å². The Balaban J connectivity index is 2.75. The minimum atomic E-state index is -1.06. The van der Waals surface area contributed by atoms with Gasteiger partial charge in [0.05, 0.1) is 6.61 Å². The number of aromatic nitrogens is 1. The standard InChI is InChI=1S/C12H16ClNO3/c1-3-4-8(2)7-17-11-9(12(15)16)5-6-10(13)14-11/h5-6,8H,3-4,7H2,1-2H3,(H,15,16). The van der Waals surface area contributed by atoms with Gasteiger partial charge in [-0.1, -0.05) is 31.9 Å². The molecule has 1 aromatic rings. The lowest BCUT2D eigenvalue weighted by molar-refractivity contribution is 0.0690. The van der Waals surface area contributed by atoms with Crippen LogP contribution in [-0.4, -0.2) is 22.7 Å². The smallest absolute Gasteiger partial charge is 0.341 e. The molecular formula is C12H16ClNO3. The van der Waals surface area contributed by atoms with Gasteiger partial charge < -0.3 is 9.84 Å². The van der Waals surface area contributed by atoms with Crippen molar-refractivity contribution in [2.75, 3.05) is 6.61 Å². The highest BCUT2D eigenvalue weighted by Crippen LogP contribution is 2.20. The SMILES string of the molecule is CCCC(C)COc1nc(Cl)ccc1C(=O)O. The molecule has 0 saturated carbocycles.